The molecule has 4 rings (SSSR count). The van der Waals surface area contributed by atoms with Crippen LogP contribution in [0.25, 0.3) is 0 Å². The first-order valence-corrected chi connectivity index (χ1v) is 11.9. The van der Waals surface area contributed by atoms with E-state index >= 15 is 0 Å². The maximum absolute atomic E-state index is 13.3. The summed E-state index contributed by atoms with van der Waals surface area (Å²) in [6.07, 6.45) is 12.5. The van der Waals surface area contributed by atoms with Crippen molar-refractivity contribution in [2.45, 2.75) is 90.3 Å². The highest BCUT2D eigenvalue weighted by Crippen LogP contribution is 2.33. The average molecular weight is 439 g/mol. The second kappa shape index (κ2) is 9.79. The van der Waals surface area contributed by atoms with Gasteiger partial charge in [-0.15, -0.1) is 0 Å². The average Bonchev–Trinajstić information content (AvgIpc) is 3.44. The summed E-state index contributed by atoms with van der Waals surface area (Å²) in [7, 11) is 0. The van der Waals surface area contributed by atoms with E-state index < -0.39 is 0 Å². The van der Waals surface area contributed by atoms with E-state index in [0.29, 0.717) is 23.6 Å². The lowest BCUT2D eigenvalue weighted by molar-refractivity contribution is -0.132. The number of carbonyl (C=O) groups excluding carboxylic acids is 2. The van der Waals surface area contributed by atoms with Crippen molar-refractivity contribution >= 4 is 11.8 Å². The Morgan fingerprint density at radius 1 is 1.12 bits per heavy atom. The number of hydrogen-bond donors (Lipinski definition) is 1. The van der Waals surface area contributed by atoms with Gasteiger partial charge in [0, 0.05) is 37.1 Å². The van der Waals surface area contributed by atoms with Gasteiger partial charge in [0.25, 0.3) is 5.91 Å². The highest BCUT2D eigenvalue weighted by atomic mass is 16.2. The van der Waals surface area contributed by atoms with Crippen LogP contribution in [0.15, 0.2) is 18.6 Å². The van der Waals surface area contributed by atoms with Crippen LogP contribution in [0.4, 0.5) is 0 Å². The molecule has 8 nitrogen and oxygen atoms in total. The number of likely N-dealkylation sites (tertiary alicyclic amines) is 1. The van der Waals surface area contributed by atoms with Crippen molar-refractivity contribution in [2.24, 2.45) is 0 Å². The maximum atomic E-state index is 13.3. The Morgan fingerprint density at radius 2 is 1.91 bits per heavy atom. The van der Waals surface area contributed by atoms with Gasteiger partial charge in [-0.2, -0.15) is 0 Å². The van der Waals surface area contributed by atoms with Crippen LogP contribution < -0.4 is 5.32 Å². The SMILES string of the molecule is Cc1ncc(C(=O)NC2CCCCC2)c([C@@H]2CCCN2C(=O)Cn2ccnc2C(C)C)n1. The lowest BCUT2D eigenvalue weighted by Crippen LogP contribution is -2.38. The molecule has 0 aromatic carbocycles. The van der Waals surface area contributed by atoms with Gasteiger partial charge in [0.05, 0.1) is 17.3 Å². The largest absolute Gasteiger partial charge is 0.349 e. The lowest BCUT2D eigenvalue weighted by atomic mass is 9.95. The standard InChI is InChI=1S/C24H34N6O2/c1-16(2)23-25-11-13-29(23)15-21(31)30-12-7-10-20(30)22-19(14-26-17(3)27-22)24(32)28-18-8-5-4-6-9-18/h11,13-14,16,18,20H,4-10,12,15H2,1-3H3,(H,28,32)/t20-/m0/s1. The summed E-state index contributed by atoms with van der Waals surface area (Å²) in [5.41, 5.74) is 1.17. The number of carbonyl (C=O) groups is 2. The highest BCUT2D eigenvalue weighted by Gasteiger charge is 2.34. The third kappa shape index (κ3) is 4.84. The van der Waals surface area contributed by atoms with Crippen molar-refractivity contribution in [1.82, 2.24) is 29.7 Å². The minimum Gasteiger partial charge on any atom is -0.349 e. The topological polar surface area (TPSA) is 93.0 Å². The molecule has 1 N–H and O–H groups in total. The van der Waals surface area contributed by atoms with E-state index in [2.05, 4.69) is 34.1 Å². The summed E-state index contributed by atoms with van der Waals surface area (Å²) in [5.74, 6) is 1.67. The third-order valence-corrected chi connectivity index (χ3v) is 6.58. The Bertz CT molecular complexity index is 963. The van der Waals surface area contributed by atoms with Gasteiger partial charge in [0.1, 0.15) is 18.2 Å². The number of aryl methyl sites for hydroxylation is 1. The van der Waals surface area contributed by atoms with Gasteiger partial charge in [-0.1, -0.05) is 33.1 Å². The summed E-state index contributed by atoms with van der Waals surface area (Å²) in [6.45, 7) is 6.89. The van der Waals surface area contributed by atoms with Gasteiger partial charge < -0.3 is 14.8 Å². The fourth-order valence-electron chi connectivity index (χ4n) is 4.97. The van der Waals surface area contributed by atoms with Crippen molar-refractivity contribution in [3.63, 3.8) is 0 Å². The second-order valence-corrected chi connectivity index (χ2v) is 9.34. The van der Waals surface area contributed by atoms with E-state index in [1.807, 2.05) is 22.6 Å². The molecule has 0 unspecified atom stereocenters. The lowest BCUT2D eigenvalue weighted by Gasteiger charge is -2.27. The molecule has 1 aliphatic heterocycles. The van der Waals surface area contributed by atoms with Crippen molar-refractivity contribution in [3.8, 4) is 0 Å². The highest BCUT2D eigenvalue weighted by molar-refractivity contribution is 5.95. The number of imidazole rings is 1. The first-order chi connectivity index (χ1) is 15.4. The van der Waals surface area contributed by atoms with Crippen molar-refractivity contribution < 1.29 is 9.59 Å². The van der Waals surface area contributed by atoms with Crippen LogP contribution in [0, 0.1) is 6.92 Å². The first kappa shape index (κ1) is 22.4. The fourth-order valence-corrected chi connectivity index (χ4v) is 4.97. The molecule has 32 heavy (non-hydrogen) atoms. The Kier molecular flexibility index (Phi) is 6.86. The Balaban J connectivity index is 1.55. The normalized spacial score (nSPS) is 19.5. The number of rotatable bonds is 6. The first-order valence-electron chi connectivity index (χ1n) is 11.9. The Morgan fingerprint density at radius 3 is 2.66 bits per heavy atom. The van der Waals surface area contributed by atoms with Crippen molar-refractivity contribution in [1.29, 1.82) is 0 Å². The molecular formula is C24H34N6O2. The van der Waals surface area contributed by atoms with E-state index in [9.17, 15) is 9.59 Å². The smallest absolute Gasteiger partial charge is 0.255 e. The number of amides is 2. The van der Waals surface area contributed by atoms with Gasteiger partial charge in [-0.05, 0) is 32.6 Å². The van der Waals surface area contributed by atoms with E-state index in [1.54, 1.807) is 12.4 Å². The molecule has 2 aromatic rings. The molecule has 3 heterocycles. The molecule has 2 amide bonds. The number of nitrogens with one attached hydrogen (secondary N) is 1. The molecule has 1 saturated carbocycles. The summed E-state index contributed by atoms with van der Waals surface area (Å²) in [6, 6.07) is 0.00439. The summed E-state index contributed by atoms with van der Waals surface area (Å²) in [5, 5.41) is 3.18. The van der Waals surface area contributed by atoms with Crippen LogP contribution in [-0.4, -0.2) is 48.8 Å². The minimum atomic E-state index is -0.206. The molecule has 0 bridgehead atoms. The van der Waals surface area contributed by atoms with Crippen LogP contribution in [-0.2, 0) is 11.3 Å². The molecule has 1 saturated heterocycles. The van der Waals surface area contributed by atoms with Crippen LogP contribution in [0.5, 0.6) is 0 Å². The number of aromatic nitrogens is 4. The summed E-state index contributed by atoms with van der Waals surface area (Å²) in [4.78, 5) is 41.7. The van der Waals surface area contributed by atoms with Gasteiger partial charge in [0.2, 0.25) is 5.91 Å². The van der Waals surface area contributed by atoms with Crippen molar-refractivity contribution in [3.05, 3.63) is 41.5 Å². The fraction of sp³-hybridized carbons (Fsp3) is 0.625. The molecule has 172 valence electrons. The van der Waals surface area contributed by atoms with Gasteiger partial charge in [-0.3, -0.25) is 9.59 Å². The Labute approximate surface area is 189 Å². The van der Waals surface area contributed by atoms with Crippen LogP contribution in [0.3, 0.4) is 0 Å². The van der Waals surface area contributed by atoms with E-state index in [1.165, 1.54) is 6.42 Å². The predicted molar refractivity (Wildman–Crippen MR) is 121 cm³/mol. The molecule has 1 aliphatic carbocycles. The van der Waals surface area contributed by atoms with E-state index in [-0.39, 0.29) is 36.4 Å². The van der Waals surface area contributed by atoms with Gasteiger partial charge in [-0.25, -0.2) is 15.0 Å². The summed E-state index contributed by atoms with van der Waals surface area (Å²) >= 11 is 0. The molecule has 1 atom stereocenters. The van der Waals surface area contributed by atoms with Crippen LogP contribution >= 0.6 is 0 Å². The van der Waals surface area contributed by atoms with Crippen LogP contribution in [0.2, 0.25) is 0 Å². The summed E-state index contributed by atoms with van der Waals surface area (Å²) < 4.78 is 1.92. The molecule has 2 aliphatic rings. The number of hydrogen-bond acceptors (Lipinski definition) is 5. The monoisotopic (exact) mass is 438 g/mol. The number of nitrogens with zero attached hydrogens (tertiary/aromatic N) is 5. The Hall–Kier alpha value is -2.77. The molecular weight excluding hydrogens is 404 g/mol. The molecule has 0 radical (unpaired) electrons. The zero-order valence-corrected chi connectivity index (χ0v) is 19.4. The van der Waals surface area contributed by atoms with E-state index in [4.69, 9.17) is 0 Å². The molecule has 8 heteroatoms. The third-order valence-electron chi connectivity index (χ3n) is 6.58. The van der Waals surface area contributed by atoms with Gasteiger partial charge >= 0.3 is 0 Å². The molecule has 0 spiro atoms. The maximum Gasteiger partial charge on any atom is 0.255 e. The van der Waals surface area contributed by atoms with Crippen LogP contribution in [0.1, 0.15) is 98.5 Å². The predicted octanol–water partition coefficient (Wildman–Crippen LogP) is 3.53. The van der Waals surface area contributed by atoms with Crippen molar-refractivity contribution in [2.75, 3.05) is 6.54 Å². The molecule has 2 fully saturated rings. The zero-order chi connectivity index (χ0) is 22.7. The quantitative estimate of drug-likeness (QED) is 0.745. The van der Waals surface area contributed by atoms with Gasteiger partial charge in [0.15, 0.2) is 0 Å². The minimum absolute atomic E-state index is 0.0299. The van der Waals surface area contributed by atoms with E-state index in [0.717, 1.165) is 44.3 Å². The molecule has 2 aromatic heterocycles. The second-order valence-electron chi connectivity index (χ2n) is 9.34. The zero-order valence-electron chi connectivity index (χ0n) is 19.4.